The van der Waals surface area contributed by atoms with Gasteiger partial charge in [-0.3, -0.25) is 19.7 Å². The minimum atomic E-state index is -0.536. The second kappa shape index (κ2) is 16.7. The van der Waals surface area contributed by atoms with Crippen molar-refractivity contribution in [1.29, 1.82) is 5.26 Å². The molecule has 0 saturated carbocycles. The molecule has 57 heavy (non-hydrogen) atoms. The molecule has 1 spiro atoms. The highest BCUT2D eigenvalue weighted by atomic mass is 35.5. The van der Waals surface area contributed by atoms with Crippen molar-refractivity contribution in [2.45, 2.75) is 82.7 Å². The van der Waals surface area contributed by atoms with Gasteiger partial charge in [0, 0.05) is 74.4 Å². The Morgan fingerprint density at radius 2 is 1.65 bits per heavy atom. The average molecular weight is 794 g/mol. The summed E-state index contributed by atoms with van der Waals surface area (Å²) in [7, 11) is 0. The van der Waals surface area contributed by atoms with Crippen molar-refractivity contribution in [3.8, 4) is 6.07 Å². The number of nitriles is 1. The molecule has 3 amide bonds. The van der Waals surface area contributed by atoms with Gasteiger partial charge in [-0.2, -0.15) is 5.26 Å². The van der Waals surface area contributed by atoms with Crippen LogP contribution in [0.2, 0.25) is 5.02 Å². The lowest BCUT2D eigenvalue weighted by atomic mass is 9.76. The van der Waals surface area contributed by atoms with Crippen LogP contribution in [0.3, 0.4) is 0 Å². The van der Waals surface area contributed by atoms with Crippen molar-refractivity contribution in [3.05, 3.63) is 88.2 Å². The molecule has 0 aromatic heterocycles. The maximum absolute atomic E-state index is 15.2. The van der Waals surface area contributed by atoms with E-state index in [-0.39, 0.29) is 41.3 Å². The topological polar surface area (TPSA) is 112 Å². The molecule has 5 aliphatic rings. The summed E-state index contributed by atoms with van der Waals surface area (Å²) in [6, 6.07) is 21.2. The number of hydrogen-bond donors (Lipinski definition) is 2. The number of carbonyl (C=O) groups excluding carboxylic acids is 3. The van der Waals surface area contributed by atoms with Gasteiger partial charge in [0.1, 0.15) is 17.9 Å². The predicted molar refractivity (Wildman–Crippen MR) is 221 cm³/mol. The second-order valence-corrected chi connectivity index (χ2v) is 17.6. The van der Waals surface area contributed by atoms with Crippen LogP contribution in [0.15, 0.2) is 60.7 Å². The van der Waals surface area contributed by atoms with Crippen LogP contribution in [0.25, 0.3) is 0 Å². The minimum absolute atomic E-state index is 0.113. The number of carbonyl (C=O) groups is 3. The van der Waals surface area contributed by atoms with Gasteiger partial charge < -0.3 is 24.9 Å². The van der Waals surface area contributed by atoms with Crippen molar-refractivity contribution in [2.75, 3.05) is 67.5 Å². The van der Waals surface area contributed by atoms with Crippen LogP contribution in [0.5, 0.6) is 0 Å². The first-order valence-corrected chi connectivity index (χ1v) is 21.2. The number of likely N-dealkylation sites (tertiary alicyclic amines) is 2. The van der Waals surface area contributed by atoms with Crippen LogP contribution < -0.4 is 20.4 Å². The number of nitrogens with one attached hydrogen (secondary N) is 2. The summed E-state index contributed by atoms with van der Waals surface area (Å²) in [6.07, 6.45) is 7.83. The molecule has 8 rings (SSSR count). The first-order valence-electron chi connectivity index (χ1n) is 20.8. The fraction of sp³-hybridized carbons (Fsp3) is 0.511. The van der Waals surface area contributed by atoms with Crippen molar-refractivity contribution < 1.29 is 18.8 Å². The van der Waals surface area contributed by atoms with Crippen LogP contribution in [0.4, 0.5) is 21.5 Å². The first kappa shape index (κ1) is 39.2. The monoisotopic (exact) mass is 793 g/mol. The zero-order valence-corrected chi connectivity index (χ0v) is 33.6. The summed E-state index contributed by atoms with van der Waals surface area (Å²) in [5.41, 5.74) is 5.08. The van der Waals surface area contributed by atoms with Gasteiger partial charge in [-0.05, 0) is 149 Å². The highest BCUT2D eigenvalue weighted by Crippen LogP contribution is 2.46. The van der Waals surface area contributed by atoms with Crippen molar-refractivity contribution >= 4 is 46.4 Å². The second-order valence-electron chi connectivity index (χ2n) is 17.2. The maximum Gasteiger partial charge on any atom is 0.253 e. The minimum Gasteiger partial charge on any atom is -0.374 e. The van der Waals surface area contributed by atoms with Crippen molar-refractivity contribution in [2.24, 2.45) is 11.3 Å². The Morgan fingerprint density at radius 3 is 2.32 bits per heavy atom. The van der Waals surface area contributed by atoms with Gasteiger partial charge in [0.05, 0.1) is 10.6 Å². The molecule has 3 aromatic rings. The van der Waals surface area contributed by atoms with Gasteiger partial charge in [0.25, 0.3) is 5.91 Å². The SMILES string of the molecule is C[C@H]1CC2(CCN(c3ccc(C(=O)N4CCC(CN5CCC(c6ccc(N[C@H]7CCC(=O)NC7=O)cc6F)CC5)CC4)cc3)CC2)CN1c1ccc(C#N)c(Cl)c1. The van der Waals surface area contributed by atoms with Crippen molar-refractivity contribution in [1.82, 2.24) is 15.1 Å². The van der Waals surface area contributed by atoms with E-state index in [2.05, 4.69) is 50.5 Å². The summed E-state index contributed by atoms with van der Waals surface area (Å²) in [5, 5.41) is 15.2. The normalized spacial score (nSPS) is 23.4. The van der Waals surface area contributed by atoms with Gasteiger partial charge in [0.2, 0.25) is 11.8 Å². The number of hydrogen-bond acceptors (Lipinski definition) is 8. The van der Waals surface area contributed by atoms with Gasteiger partial charge in [-0.15, -0.1) is 0 Å². The standard InChI is InChI=1S/C45H53ClFN7O3/c1-30-26-45(29-54(30)37-8-4-34(27-48)39(46)25-37)16-22-52(23-17-45)36-6-2-33(3-7-36)44(57)53-20-12-31(13-21-53)28-51-18-14-32(15-19-51)38-9-5-35(24-40(38)47)49-41-10-11-42(55)50-43(41)56/h2-9,24-25,30-32,41,49H,10-23,26,28-29H2,1H3,(H,50,55,56)/t30-,41-/m0/s1. The number of piperidine rings is 4. The van der Waals surface area contributed by atoms with E-state index in [4.69, 9.17) is 11.6 Å². The number of nitrogens with zero attached hydrogens (tertiary/aromatic N) is 5. The average Bonchev–Trinajstić information content (AvgIpc) is 3.54. The van der Waals surface area contributed by atoms with Crippen LogP contribution in [0.1, 0.15) is 92.1 Å². The molecule has 5 heterocycles. The highest BCUT2D eigenvalue weighted by Gasteiger charge is 2.44. The van der Waals surface area contributed by atoms with E-state index in [1.165, 1.54) is 11.8 Å². The van der Waals surface area contributed by atoms with E-state index < -0.39 is 6.04 Å². The molecule has 5 aliphatic heterocycles. The number of halogens is 2. The zero-order valence-electron chi connectivity index (χ0n) is 32.8. The lowest BCUT2D eigenvalue weighted by molar-refractivity contribution is -0.133. The summed E-state index contributed by atoms with van der Waals surface area (Å²) in [5.74, 6) is -0.0742. The number of anilines is 3. The summed E-state index contributed by atoms with van der Waals surface area (Å²) < 4.78 is 15.2. The van der Waals surface area contributed by atoms with E-state index >= 15 is 4.39 Å². The molecule has 3 aromatic carbocycles. The molecule has 0 bridgehead atoms. The molecule has 0 aliphatic carbocycles. The van der Waals surface area contributed by atoms with Crippen LogP contribution in [-0.4, -0.2) is 92.0 Å². The number of benzene rings is 3. The van der Waals surface area contributed by atoms with E-state index in [1.54, 1.807) is 0 Å². The summed E-state index contributed by atoms with van der Waals surface area (Å²) in [4.78, 5) is 46.5. The molecule has 10 nitrogen and oxygen atoms in total. The van der Waals surface area contributed by atoms with Crippen LogP contribution in [0, 0.1) is 28.5 Å². The predicted octanol–water partition coefficient (Wildman–Crippen LogP) is 7.19. The van der Waals surface area contributed by atoms with Gasteiger partial charge in [-0.1, -0.05) is 17.7 Å². The Hall–Kier alpha value is -4.66. The lowest BCUT2D eigenvalue weighted by Crippen LogP contribution is -2.47. The Balaban J connectivity index is 0.760. The van der Waals surface area contributed by atoms with E-state index in [0.717, 1.165) is 114 Å². The van der Waals surface area contributed by atoms with E-state index in [0.29, 0.717) is 34.7 Å². The van der Waals surface area contributed by atoms with E-state index in [9.17, 15) is 19.6 Å². The molecule has 12 heteroatoms. The third-order valence-corrected chi connectivity index (χ3v) is 13.8. The number of amides is 3. The van der Waals surface area contributed by atoms with Gasteiger partial charge in [0.15, 0.2) is 0 Å². The molecule has 5 fully saturated rings. The van der Waals surface area contributed by atoms with Crippen LogP contribution >= 0.6 is 11.6 Å². The smallest absolute Gasteiger partial charge is 0.253 e. The molecular formula is C45H53ClFN7O3. The van der Waals surface area contributed by atoms with Gasteiger partial charge >= 0.3 is 0 Å². The summed E-state index contributed by atoms with van der Waals surface area (Å²) in [6.45, 7) is 9.67. The molecule has 5 saturated heterocycles. The Kier molecular flexibility index (Phi) is 11.5. The Bertz CT molecular complexity index is 2010. The molecule has 2 N–H and O–H groups in total. The third kappa shape index (κ3) is 8.63. The third-order valence-electron chi connectivity index (χ3n) is 13.5. The molecule has 300 valence electrons. The molecule has 0 radical (unpaired) electrons. The lowest BCUT2D eigenvalue weighted by Gasteiger charge is -2.40. The quantitative estimate of drug-likeness (QED) is 0.231. The Labute approximate surface area is 340 Å². The number of rotatable bonds is 8. The van der Waals surface area contributed by atoms with Crippen molar-refractivity contribution in [3.63, 3.8) is 0 Å². The maximum atomic E-state index is 15.2. The fourth-order valence-corrected chi connectivity index (χ4v) is 10.3. The number of imide groups is 1. The van der Waals surface area contributed by atoms with Crippen LogP contribution in [-0.2, 0) is 9.59 Å². The van der Waals surface area contributed by atoms with Gasteiger partial charge in [-0.25, -0.2) is 4.39 Å². The Morgan fingerprint density at radius 1 is 0.930 bits per heavy atom. The highest BCUT2D eigenvalue weighted by molar-refractivity contribution is 6.32. The largest absolute Gasteiger partial charge is 0.374 e. The fourth-order valence-electron chi connectivity index (χ4n) is 10.1. The first-order chi connectivity index (χ1) is 27.6. The molecule has 2 atom stereocenters. The van der Waals surface area contributed by atoms with E-state index in [1.807, 2.05) is 47.4 Å². The molecule has 0 unspecified atom stereocenters. The molecular weight excluding hydrogens is 741 g/mol. The summed E-state index contributed by atoms with van der Waals surface area (Å²) >= 11 is 6.38. The zero-order chi connectivity index (χ0) is 39.7.